The predicted octanol–water partition coefficient (Wildman–Crippen LogP) is 3.43. The van der Waals surface area contributed by atoms with Crippen molar-refractivity contribution in [2.24, 2.45) is 5.92 Å². The van der Waals surface area contributed by atoms with Gasteiger partial charge in [-0.25, -0.2) is 0 Å². The zero-order chi connectivity index (χ0) is 23.3. The van der Waals surface area contributed by atoms with Crippen molar-refractivity contribution in [3.63, 3.8) is 0 Å². The number of aliphatic carboxylic acids is 1. The Morgan fingerprint density at radius 1 is 1.12 bits per heavy atom. The number of carboxylic acids is 1. The second kappa shape index (κ2) is 12.4. The summed E-state index contributed by atoms with van der Waals surface area (Å²) in [7, 11) is 0. The molecule has 8 heteroatoms. The third-order valence-electron chi connectivity index (χ3n) is 5.73. The van der Waals surface area contributed by atoms with Gasteiger partial charge in [0.2, 0.25) is 0 Å². The SMILES string of the molecule is CCCc1c(OCCCOc2ccc3c(c2)CC(CC(=O)O)C3O)ccc(C(C)=O)c1O.[NaH]. The first-order valence-corrected chi connectivity index (χ1v) is 11.0. The summed E-state index contributed by atoms with van der Waals surface area (Å²) in [5.41, 5.74) is 2.64. The summed E-state index contributed by atoms with van der Waals surface area (Å²) in [5, 5.41) is 29.7. The fourth-order valence-electron chi connectivity index (χ4n) is 4.15. The quantitative estimate of drug-likeness (QED) is 0.264. The molecule has 0 spiro atoms. The van der Waals surface area contributed by atoms with E-state index in [0.29, 0.717) is 55.1 Å². The van der Waals surface area contributed by atoms with Crippen LogP contribution in [0.3, 0.4) is 0 Å². The Hall–Kier alpha value is -2.06. The zero-order valence-corrected chi connectivity index (χ0v) is 18.5. The van der Waals surface area contributed by atoms with Crippen molar-refractivity contribution in [3.05, 3.63) is 52.6 Å². The van der Waals surface area contributed by atoms with Crippen molar-refractivity contribution in [1.82, 2.24) is 0 Å². The Balaban J connectivity index is 0.00000385. The molecule has 0 aromatic heterocycles. The molecule has 2 atom stereocenters. The summed E-state index contributed by atoms with van der Waals surface area (Å²) in [6, 6.07) is 8.74. The number of hydrogen-bond donors (Lipinski definition) is 3. The van der Waals surface area contributed by atoms with Crippen LogP contribution in [0.25, 0.3) is 0 Å². The summed E-state index contributed by atoms with van der Waals surface area (Å²) in [5.74, 6) is -0.170. The number of phenolic OH excluding ortho intramolecular Hbond substituents is 1. The number of rotatable bonds is 11. The molecule has 2 aromatic carbocycles. The van der Waals surface area contributed by atoms with Crippen LogP contribution in [0.4, 0.5) is 0 Å². The van der Waals surface area contributed by atoms with Crippen LogP contribution < -0.4 is 9.47 Å². The molecule has 0 fully saturated rings. The van der Waals surface area contributed by atoms with E-state index in [0.717, 1.165) is 17.5 Å². The summed E-state index contributed by atoms with van der Waals surface area (Å²) < 4.78 is 11.6. The second-order valence-corrected chi connectivity index (χ2v) is 8.16. The first kappa shape index (κ1) is 27.2. The number of Topliss-reactive ketones (excluding diaryl/α,β-unsaturated/α-hetero) is 1. The number of phenols is 1. The van der Waals surface area contributed by atoms with Crippen LogP contribution in [0.15, 0.2) is 30.3 Å². The Kier molecular flexibility index (Phi) is 10.2. The van der Waals surface area contributed by atoms with Crippen LogP contribution in [-0.2, 0) is 17.6 Å². The van der Waals surface area contributed by atoms with E-state index in [1.54, 1.807) is 24.3 Å². The normalized spacial score (nSPS) is 16.6. The molecular weight excluding hydrogens is 435 g/mol. The van der Waals surface area contributed by atoms with E-state index >= 15 is 0 Å². The fourth-order valence-corrected chi connectivity index (χ4v) is 4.15. The number of ether oxygens (including phenoxy) is 2. The van der Waals surface area contributed by atoms with Crippen LogP contribution in [0.2, 0.25) is 0 Å². The average Bonchev–Trinajstić information content (AvgIpc) is 3.04. The van der Waals surface area contributed by atoms with Gasteiger partial charge in [-0.15, -0.1) is 0 Å². The van der Waals surface area contributed by atoms with Gasteiger partial charge in [0.05, 0.1) is 31.3 Å². The molecule has 3 rings (SSSR count). The van der Waals surface area contributed by atoms with Gasteiger partial charge in [0.1, 0.15) is 17.2 Å². The van der Waals surface area contributed by atoms with Gasteiger partial charge >= 0.3 is 35.5 Å². The number of aliphatic hydroxyl groups excluding tert-OH is 1. The molecule has 0 amide bonds. The van der Waals surface area contributed by atoms with E-state index in [1.165, 1.54) is 6.92 Å². The molecule has 0 radical (unpaired) electrons. The van der Waals surface area contributed by atoms with Gasteiger partial charge in [0, 0.05) is 17.9 Å². The Morgan fingerprint density at radius 3 is 2.52 bits per heavy atom. The molecule has 2 aromatic rings. The van der Waals surface area contributed by atoms with E-state index in [2.05, 4.69) is 0 Å². The predicted molar refractivity (Wildman–Crippen MR) is 126 cm³/mol. The van der Waals surface area contributed by atoms with Crippen LogP contribution in [0, 0.1) is 5.92 Å². The number of fused-ring (bicyclic) bond motifs is 1. The Morgan fingerprint density at radius 2 is 1.85 bits per heavy atom. The first-order valence-electron chi connectivity index (χ1n) is 11.0. The Labute approximate surface area is 216 Å². The maximum atomic E-state index is 11.7. The van der Waals surface area contributed by atoms with E-state index < -0.39 is 12.1 Å². The van der Waals surface area contributed by atoms with Crippen LogP contribution >= 0.6 is 0 Å². The van der Waals surface area contributed by atoms with Crippen LogP contribution in [0.1, 0.15) is 66.3 Å². The van der Waals surface area contributed by atoms with Crippen molar-refractivity contribution in [3.8, 4) is 17.2 Å². The van der Waals surface area contributed by atoms with E-state index in [-0.39, 0.29) is 53.4 Å². The van der Waals surface area contributed by atoms with Crippen LogP contribution in [0.5, 0.6) is 17.2 Å². The van der Waals surface area contributed by atoms with Gasteiger partial charge in [0.25, 0.3) is 0 Å². The van der Waals surface area contributed by atoms with Gasteiger partial charge < -0.3 is 24.8 Å². The third-order valence-corrected chi connectivity index (χ3v) is 5.73. The topological polar surface area (TPSA) is 113 Å². The van der Waals surface area contributed by atoms with Crippen molar-refractivity contribution >= 4 is 41.3 Å². The van der Waals surface area contributed by atoms with Gasteiger partial charge in [-0.2, -0.15) is 0 Å². The van der Waals surface area contributed by atoms with E-state index in [9.17, 15) is 19.8 Å². The molecule has 0 aliphatic heterocycles. The molecule has 0 saturated heterocycles. The minimum absolute atomic E-state index is 0. The third kappa shape index (κ3) is 6.73. The molecule has 2 unspecified atom stereocenters. The molecule has 7 nitrogen and oxygen atoms in total. The van der Waals surface area contributed by atoms with Gasteiger partial charge in [-0.3, -0.25) is 9.59 Å². The molecule has 0 heterocycles. The number of aliphatic hydroxyl groups is 1. The minimum atomic E-state index is -0.912. The molecule has 1 aliphatic carbocycles. The Bertz CT molecular complexity index is 989. The molecule has 174 valence electrons. The standard InChI is InChI=1S/C25H30O7.Na.H/c1-3-5-21-22(9-8-19(15(2)26)25(21)30)32-11-4-10-31-18-6-7-20-16(13-18)12-17(24(20)29)14-23(27)28;;/h6-9,13,17,24,29-30H,3-5,10-12,14H2,1-2H3,(H,27,28);;. The van der Waals surface area contributed by atoms with Crippen LogP contribution in [-0.4, -0.2) is 69.8 Å². The van der Waals surface area contributed by atoms with E-state index in [4.69, 9.17) is 14.6 Å². The summed E-state index contributed by atoms with van der Waals surface area (Å²) >= 11 is 0. The summed E-state index contributed by atoms with van der Waals surface area (Å²) in [6.45, 7) is 4.23. The van der Waals surface area contributed by atoms with Crippen molar-refractivity contribution in [1.29, 1.82) is 0 Å². The maximum absolute atomic E-state index is 11.7. The van der Waals surface area contributed by atoms with Crippen molar-refractivity contribution in [2.75, 3.05) is 13.2 Å². The molecular formula is C25H31NaO7. The molecule has 33 heavy (non-hydrogen) atoms. The number of aromatic hydroxyl groups is 1. The molecule has 0 saturated carbocycles. The monoisotopic (exact) mass is 466 g/mol. The number of hydrogen-bond acceptors (Lipinski definition) is 6. The summed E-state index contributed by atoms with van der Waals surface area (Å²) in [6.07, 6.45) is 1.74. The second-order valence-electron chi connectivity index (χ2n) is 8.16. The van der Waals surface area contributed by atoms with Crippen molar-refractivity contribution in [2.45, 2.75) is 52.1 Å². The molecule has 1 aliphatic rings. The molecule has 0 bridgehead atoms. The van der Waals surface area contributed by atoms with E-state index in [1.807, 2.05) is 13.0 Å². The zero-order valence-electron chi connectivity index (χ0n) is 18.5. The fraction of sp³-hybridized carbons (Fsp3) is 0.440. The van der Waals surface area contributed by atoms with Gasteiger partial charge in [0.15, 0.2) is 5.78 Å². The number of carbonyl (C=O) groups excluding carboxylic acids is 1. The number of carboxylic acid groups (broad SMARTS) is 1. The van der Waals surface area contributed by atoms with Crippen molar-refractivity contribution < 1.29 is 34.4 Å². The van der Waals surface area contributed by atoms with Gasteiger partial charge in [-0.05, 0) is 55.2 Å². The number of benzene rings is 2. The average molecular weight is 467 g/mol. The number of carbonyl (C=O) groups is 2. The number of ketones is 1. The van der Waals surface area contributed by atoms with Gasteiger partial charge in [-0.1, -0.05) is 19.4 Å². The summed E-state index contributed by atoms with van der Waals surface area (Å²) in [4.78, 5) is 22.6. The molecule has 3 N–H and O–H groups in total. The first-order chi connectivity index (χ1) is 15.3.